The molecule has 2 aromatic carbocycles. The molecule has 5 nitrogen and oxygen atoms in total. The number of rotatable bonds is 3. The summed E-state index contributed by atoms with van der Waals surface area (Å²) in [5.74, 6) is -0.973. The van der Waals surface area contributed by atoms with Gasteiger partial charge in [-0.15, -0.1) is 0 Å². The summed E-state index contributed by atoms with van der Waals surface area (Å²) in [6, 6.07) is 12.8. The molecular formula is C19H15Br2N3O2S. The Morgan fingerprint density at radius 1 is 1.11 bits per heavy atom. The minimum Gasteiger partial charge on any atom is -0.377 e. The van der Waals surface area contributed by atoms with Crippen molar-refractivity contribution in [2.45, 2.75) is 0 Å². The minimum absolute atomic E-state index is 0.0214. The van der Waals surface area contributed by atoms with Crippen LogP contribution < -0.4 is 15.1 Å². The zero-order valence-electron chi connectivity index (χ0n) is 14.5. The second-order valence-electron chi connectivity index (χ2n) is 6.04. The Hall–Kier alpha value is -2.03. The number of nitrogens with zero attached hydrogens (tertiary/aromatic N) is 2. The molecule has 138 valence electrons. The second-order valence-corrected chi connectivity index (χ2v) is 8.20. The third-order valence-electron chi connectivity index (χ3n) is 3.93. The second kappa shape index (κ2) is 7.92. The Morgan fingerprint density at radius 2 is 1.85 bits per heavy atom. The summed E-state index contributed by atoms with van der Waals surface area (Å²) < 4.78 is 1.67. The summed E-state index contributed by atoms with van der Waals surface area (Å²) in [5, 5.41) is 2.65. The smallest absolute Gasteiger partial charge is 0.270 e. The average Bonchev–Trinajstić information content (AvgIpc) is 2.58. The van der Waals surface area contributed by atoms with Gasteiger partial charge in [-0.05, 0) is 70.1 Å². The molecule has 2 amide bonds. The highest BCUT2D eigenvalue weighted by atomic mass is 79.9. The van der Waals surface area contributed by atoms with Crippen molar-refractivity contribution < 1.29 is 9.59 Å². The van der Waals surface area contributed by atoms with Gasteiger partial charge in [-0.3, -0.25) is 19.8 Å². The van der Waals surface area contributed by atoms with Crippen molar-refractivity contribution in [3.05, 3.63) is 62.5 Å². The number of hydrogen-bond acceptors (Lipinski definition) is 4. The van der Waals surface area contributed by atoms with Crippen LogP contribution in [0, 0.1) is 0 Å². The van der Waals surface area contributed by atoms with Crippen molar-refractivity contribution >= 4 is 78.5 Å². The van der Waals surface area contributed by atoms with Crippen molar-refractivity contribution in [1.29, 1.82) is 0 Å². The van der Waals surface area contributed by atoms with E-state index in [4.69, 9.17) is 12.2 Å². The third kappa shape index (κ3) is 4.12. The molecule has 0 unspecified atom stereocenters. The lowest BCUT2D eigenvalue weighted by atomic mass is 10.1. The number of thiocarbonyl (C=S) groups is 1. The van der Waals surface area contributed by atoms with Crippen LogP contribution in [0.3, 0.4) is 0 Å². The SMILES string of the molecule is CN(C)c1ccc(/C=C2/C(=O)NC(=S)N(c3cccc(Br)c3)C2=O)cc1Br. The lowest BCUT2D eigenvalue weighted by Gasteiger charge is -2.29. The number of amides is 2. The van der Waals surface area contributed by atoms with Crippen LogP contribution in [-0.4, -0.2) is 31.0 Å². The van der Waals surface area contributed by atoms with Crippen LogP contribution in [0.5, 0.6) is 0 Å². The van der Waals surface area contributed by atoms with E-state index >= 15 is 0 Å². The van der Waals surface area contributed by atoms with Gasteiger partial charge in [0.1, 0.15) is 5.57 Å². The van der Waals surface area contributed by atoms with Crippen molar-refractivity contribution in [1.82, 2.24) is 5.32 Å². The maximum absolute atomic E-state index is 13.0. The maximum atomic E-state index is 13.0. The number of halogens is 2. The Labute approximate surface area is 179 Å². The predicted octanol–water partition coefficient (Wildman–Crippen LogP) is 4.11. The van der Waals surface area contributed by atoms with Crippen molar-refractivity contribution in [3.63, 3.8) is 0 Å². The van der Waals surface area contributed by atoms with Gasteiger partial charge < -0.3 is 4.90 Å². The van der Waals surface area contributed by atoms with Crippen LogP contribution >= 0.6 is 44.1 Å². The number of carbonyl (C=O) groups is 2. The normalized spacial score (nSPS) is 15.9. The first-order chi connectivity index (χ1) is 12.8. The van der Waals surface area contributed by atoms with Gasteiger partial charge in [-0.1, -0.05) is 28.1 Å². The fourth-order valence-electron chi connectivity index (χ4n) is 2.65. The summed E-state index contributed by atoms with van der Waals surface area (Å²) in [6.07, 6.45) is 1.56. The largest absolute Gasteiger partial charge is 0.377 e. The standard InChI is InChI=1S/C19H15Br2N3O2S/c1-23(2)16-7-6-11(9-15(16)21)8-14-17(25)22-19(27)24(18(14)26)13-5-3-4-12(20)10-13/h3-10H,1-2H3,(H,22,25,27)/b14-8-. The monoisotopic (exact) mass is 507 g/mol. The van der Waals surface area contributed by atoms with Crippen molar-refractivity contribution in [2.24, 2.45) is 0 Å². The van der Waals surface area contributed by atoms with E-state index in [0.29, 0.717) is 5.69 Å². The zero-order chi connectivity index (χ0) is 19.7. The Bertz CT molecular complexity index is 989. The quantitative estimate of drug-likeness (QED) is 0.385. The fourth-order valence-corrected chi connectivity index (χ4v) is 4.07. The van der Waals surface area contributed by atoms with E-state index in [1.54, 1.807) is 24.3 Å². The topological polar surface area (TPSA) is 52.7 Å². The highest BCUT2D eigenvalue weighted by Crippen LogP contribution is 2.28. The fraction of sp³-hybridized carbons (Fsp3) is 0.105. The van der Waals surface area contributed by atoms with E-state index < -0.39 is 11.8 Å². The first kappa shape index (κ1) is 19.7. The summed E-state index contributed by atoms with van der Waals surface area (Å²) in [4.78, 5) is 28.7. The molecule has 1 aliphatic heterocycles. The Kier molecular flexibility index (Phi) is 5.78. The van der Waals surface area contributed by atoms with Crippen molar-refractivity contribution in [3.8, 4) is 0 Å². The highest BCUT2D eigenvalue weighted by Gasteiger charge is 2.34. The van der Waals surface area contributed by atoms with Gasteiger partial charge in [0.25, 0.3) is 11.8 Å². The van der Waals surface area contributed by atoms with Gasteiger partial charge in [0.15, 0.2) is 5.11 Å². The summed E-state index contributed by atoms with van der Waals surface area (Å²) in [6.45, 7) is 0. The van der Waals surface area contributed by atoms with Crippen LogP contribution in [0.1, 0.15) is 5.56 Å². The van der Waals surface area contributed by atoms with E-state index in [-0.39, 0.29) is 10.7 Å². The first-order valence-electron chi connectivity index (χ1n) is 7.92. The molecule has 0 aliphatic carbocycles. The molecule has 0 radical (unpaired) electrons. The molecule has 0 bridgehead atoms. The average molecular weight is 509 g/mol. The van der Waals surface area contributed by atoms with Crippen LogP contribution in [0.2, 0.25) is 0 Å². The van der Waals surface area contributed by atoms with E-state index in [1.165, 1.54) is 4.90 Å². The highest BCUT2D eigenvalue weighted by molar-refractivity contribution is 9.10. The molecule has 0 aromatic heterocycles. The summed E-state index contributed by atoms with van der Waals surface area (Å²) >= 11 is 12.1. The molecule has 1 N–H and O–H groups in total. The van der Waals surface area contributed by atoms with E-state index in [0.717, 1.165) is 20.2 Å². The van der Waals surface area contributed by atoms with Gasteiger partial charge in [0.2, 0.25) is 0 Å². The maximum Gasteiger partial charge on any atom is 0.270 e. The number of benzene rings is 2. The lowest BCUT2D eigenvalue weighted by molar-refractivity contribution is -0.122. The molecule has 1 heterocycles. The van der Waals surface area contributed by atoms with Gasteiger partial charge >= 0.3 is 0 Å². The van der Waals surface area contributed by atoms with E-state index in [1.807, 2.05) is 43.3 Å². The van der Waals surface area contributed by atoms with Gasteiger partial charge in [-0.25, -0.2) is 0 Å². The molecule has 0 saturated carbocycles. The molecule has 3 rings (SSSR count). The lowest BCUT2D eigenvalue weighted by Crippen LogP contribution is -2.54. The number of hydrogen-bond donors (Lipinski definition) is 1. The molecule has 27 heavy (non-hydrogen) atoms. The Balaban J connectivity index is 2.00. The zero-order valence-corrected chi connectivity index (χ0v) is 18.5. The molecule has 1 aliphatic rings. The van der Waals surface area contributed by atoms with Gasteiger partial charge in [0.05, 0.1) is 11.4 Å². The van der Waals surface area contributed by atoms with Crippen LogP contribution in [0.15, 0.2) is 57.0 Å². The first-order valence-corrected chi connectivity index (χ1v) is 9.91. The van der Waals surface area contributed by atoms with E-state index in [2.05, 4.69) is 37.2 Å². The minimum atomic E-state index is -0.510. The molecule has 0 atom stereocenters. The Morgan fingerprint density at radius 3 is 2.48 bits per heavy atom. The molecule has 1 fully saturated rings. The molecule has 1 saturated heterocycles. The predicted molar refractivity (Wildman–Crippen MR) is 119 cm³/mol. The molecule has 2 aromatic rings. The molecule has 0 spiro atoms. The third-order valence-corrected chi connectivity index (χ3v) is 5.35. The van der Waals surface area contributed by atoms with Gasteiger partial charge in [0, 0.05) is 23.0 Å². The van der Waals surface area contributed by atoms with Crippen LogP contribution in [0.25, 0.3) is 6.08 Å². The van der Waals surface area contributed by atoms with Crippen LogP contribution in [0.4, 0.5) is 11.4 Å². The summed E-state index contributed by atoms with van der Waals surface area (Å²) in [5.41, 5.74) is 2.32. The number of carbonyl (C=O) groups excluding carboxylic acids is 2. The van der Waals surface area contributed by atoms with E-state index in [9.17, 15) is 9.59 Å². The molecular weight excluding hydrogens is 494 g/mol. The summed E-state index contributed by atoms with van der Waals surface area (Å²) in [7, 11) is 3.88. The van der Waals surface area contributed by atoms with Crippen molar-refractivity contribution in [2.75, 3.05) is 23.9 Å². The van der Waals surface area contributed by atoms with Gasteiger partial charge in [-0.2, -0.15) is 0 Å². The number of nitrogens with one attached hydrogen (secondary N) is 1. The van der Waals surface area contributed by atoms with Crippen LogP contribution in [-0.2, 0) is 9.59 Å². The molecule has 8 heteroatoms. The number of anilines is 2.